The van der Waals surface area contributed by atoms with Crippen LogP contribution in [0, 0.1) is 0 Å². The van der Waals surface area contributed by atoms with Crippen LogP contribution in [0.15, 0.2) is 22.9 Å². The second-order valence-corrected chi connectivity index (χ2v) is 6.36. The summed E-state index contributed by atoms with van der Waals surface area (Å²) in [5.74, 6) is 0.903. The smallest absolute Gasteiger partial charge is 0.227 e. The topological polar surface area (TPSA) is 35.0 Å². The molecule has 0 bridgehead atoms. The Labute approximate surface area is 140 Å². The maximum absolute atomic E-state index is 6.13. The fourth-order valence-electron chi connectivity index (χ4n) is 1.61. The zero-order valence-electron chi connectivity index (χ0n) is 10.6. The molecule has 0 amide bonds. The fourth-order valence-corrected chi connectivity index (χ4v) is 2.79. The van der Waals surface area contributed by atoms with Crippen molar-refractivity contribution < 1.29 is 4.74 Å². The van der Waals surface area contributed by atoms with E-state index < -0.39 is 0 Å². The van der Waals surface area contributed by atoms with E-state index in [-0.39, 0.29) is 5.92 Å². The molecular formula is C13H10BrCl3N2O. The van der Waals surface area contributed by atoms with Gasteiger partial charge in [-0.25, -0.2) is 9.97 Å². The van der Waals surface area contributed by atoms with Crippen molar-refractivity contribution in [2.75, 3.05) is 0 Å². The molecule has 0 radical (unpaired) electrons. The van der Waals surface area contributed by atoms with Crippen molar-refractivity contribution in [1.29, 1.82) is 0 Å². The first-order chi connectivity index (χ1) is 9.40. The first kappa shape index (κ1) is 15.8. The molecule has 2 rings (SSSR count). The second kappa shape index (κ2) is 6.48. The van der Waals surface area contributed by atoms with Crippen LogP contribution >= 0.6 is 50.7 Å². The molecule has 7 heteroatoms. The maximum atomic E-state index is 6.13. The molecular weight excluding hydrogens is 386 g/mol. The van der Waals surface area contributed by atoms with Gasteiger partial charge in [0, 0.05) is 10.5 Å². The number of halogens is 4. The molecule has 0 fully saturated rings. The highest BCUT2D eigenvalue weighted by Crippen LogP contribution is 2.38. The summed E-state index contributed by atoms with van der Waals surface area (Å²) < 4.78 is 6.44. The molecule has 0 aliphatic carbocycles. The van der Waals surface area contributed by atoms with Gasteiger partial charge in [0.05, 0.1) is 15.6 Å². The number of aromatic nitrogens is 2. The molecule has 0 aliphatic rings. The number of rotatable bonds is 3. The van der Waals surface area contributed by atoms with Crippen LogP contribution in [0.2, 0.25) is 15.2 Å². The van der Waals surface area contributed by atoms with Gasteiger partial charge in [-0.3, -0.25) is 0 Å². The Balaban J connectivity index is 2.45. The van der Waals surface area contributed by atoms with Crippen LogP contribution in [0.4, 0.5) is 0 Å². The van der Waals surface area contributed by atoms with E-state index in [1.165, 1.54) is 6.33 Å². The minimum absolute atomic E-state index is 0.114. The van der Waals surface area contributed by atoms with Gasteiger partial charge in [0.25, 0.3) is 0 Å². The number of hydrogen-bond acceptors (Lipinski definition) is 3. The van der Waals surface area contributed by atoms with Crippen LogP contribution < -0.4 is 4.74 Å². The van der Waals surface area contributed by atoms with Crippen molar-refractivity contribution in [2.24, 2.45) is 0 Å². The molecule has 0 saturated carbocycles. The molecule has 0 atom stereocenters. The zero-order valence-corrected chi connectivity index (χ0v) is 14.5. The van der Waals surface area contributed by atoms with Gasteiger partial charge < -0.3 is 4.74 Å². The molecule has 2 aromatic rings. The summed E-state index contributed by atoms with van der Waals surface area (Å²) in [7, 11) is 0. The third-order valence-electron chi connectivity index (χ3n) is 2.56. The van der Waals surface area contributed by atoms with E-state index in [4.69, 9.17) is 39.5 Å². The van der Waals surface area contributed by atoms with E-state index in [0.29, 0.717) is 31.3 Å². The minimum Gasteiger partial charge on any atom is -0.437 e. The van der Waals surface area contributed by atoms with Crippen LogP contribution in [0.5, 0.6) is 11.6 Å². The summed E-state index contributed by atoms with van der Waals surface area (Å²) in [6.45, 7) is 3.96. The molecule has 0 spiro atoms. The molecule has 0 aliphatic heterocycles. The molecule has 0 unspecified atom stereocenters. The van der Waals surface area contributed by atoms with Gasteiger partial charge in [-0.2, -0.15) is 0 Å². The summed E-state index contributed by atoms with van der Waals surface area (Å²) in [5, 5.41) is 1.28. The van der Waals surface area contributed by atoms with E-state index in [0.717, 1.165) is 5.56 Å². The van der Waals surface area contributed by atoms with Crippen molar-refractivity contribution in [3.8, 4) is 11.6 Å². The summed E-state index contributed by atoms with van der Waals surface area (Å²) in [4.78, 5) is 8.08. The van der Waals surface area contributed by atoms with E-state index in [1.807, 2.05) is 13.8 Å². The first-order valence-electron chi connectivity index (χ1n) is 5.73. The predicted octanol–water partition coefficient (Wildman–Crippen LogP) is 6.12. The number of ether oxygens (including phenoxy) is 1. The molecule has 106 valence electrons. The average Bonchev–Trinajstić information content (AvgIpc) is 2.35. The zero-order chi connectivity index (χ0) is 14.9. The monoisotopic (exact) mass is 394 g/mol. The van der Waals surface area contributed by atoms with Crippen molar-refractivity contribution >= 4 is 50.7 Å². The Morgan fingerprint density at radius 1 is 1.10 bits per heavy atom. The highest BCUT2D eigenvalue weighted by atomic mass is 79.9. The number of nitrogens with zero attached hydrogens (tertiary/aromatic N) is 2. The van der Waals surface area contributed by atoms with Crippen molar-refractivity contribution in [2.45, 2.75) is 19.8 Å². The van der Waals surface area contributed by atoms with Crippen molar-refractivity contribution in [1.82, 2.24) is 9.97 Å². The lowest BCUT2D eigenvalue weighted by atomic mass is 10.1. The lowest BCUT2D eigenvalue weighted by Crippen LogP contribution is -2.00. The molecule has 0 N–H and O–H groups in total. The van der Waals surface area contributed by atoms with Crippen LogP contribution in [0.1, 0.15) is 25.3 Å². The van der Waals surface area contributed by atoms with E-state index >= 15 is 0 Å². The largest absolute Gasteiger partial charge is 0.437 e. The van der Waals surface area contributed by atoms with Crippen molar-refractivity contribution in [3.05, 3.63) is 43.7 Å². The van der Waals surface area contributed by atoms with Gasteiger partial charge in [0.2, 0.25) is 5.88 Å². The summed E-state index contributed by atoms with van der Waals surface area (Å²) in [6.07, 6.45) is 1.35. The van der Waals surface area contributed by atoms with Crippen LogP contribution in [0.3, 0.4) is 0 Å². The summed E-state index contributed by atoms with van der Waals surface area (Å²) in [5.41, 5.74) is 0.726. The molecule has 3 nitrogen and oxygen atoms in total. The third kappa shape index (κ3) is 3.37. The standard InChI is InChI=1S/C13H10BrCl3N2O/c1-6(2)11-12(17)18-5-19-13(11)20-10-4-8(15)7(14)3-9(10)16/h3-6H,1-2H3. The van der Waals surface area contributed by atoms with E-state index in [2.05, 4.69) is 25.9 Å². The second-order valence-electron chi connectivity index (χ2n) is 4.34. The van der Waals surface area contributed by atoms with Gasteiger partial charge in [-0.05, 0) is 27.9 Å². The van der Waals surface area contributed by atoms with Crippen LogP contribution in [-0.2, 0) is 0 Å². The molecule has 20 heavy (non-hydrogen) atoms. The lowest BCUT2D eigenvalue weighted by molar-refractivity contribution is 0.451. The predicted molar refractivity (Wildman–Crippen MR) is 85.4 cm³/mol. The summed E-state index contributed by atoms with van der Waals surface area (Å²) in [6, 6.07) is 3.28. The van der Waals surface area contributed by atoms with E-state index in [1.54, 1.807) is 12.1 Å². The Morgan fingerprint density at radius 3 is 2.45 bits per heavy atom. The Bertz CT molecular complexity index is 650. The molecule has 1 aromatic carbocycles. The highest BCUT2D eigenvalue weighted by molar-refractivity contribution is 9.10. The van der Waals surface area contributed by atoms with Crippen molar-refractivity contribution in [3.63, 3.8) is 0 Å². The van der Waals surface area contributed by atoms with Crippen LogP contribution in [0.25, 0.3) is 0 Å². The quantitative estimate of drug-likeness (QED) is 0.463. The first-order valence-corrected chi connectivity index (χ1v) is 7.65. The Kier molecular flexibility index (Phi) is 5.13. The highest BCUT2D eigenvalue weighted by Gasteiger charge is 2.17. The number of benzene rings is 1. The Morgan fingerprint density at radius 2 is 1.80 bits per heavy atom. The van der Waals surface area contributed by atoms with Gasteiger partial charge in [0.15, 0.2) is 0 Å². The van der Waals surface area contributed by atoms with Gasteiger partial charge in [0.1, 0.15) is 17.2 Å². The lowest BCUT2D eigenvalue weighted by Gasteiger charge is -2.14. The van der Waals surface area contributed by atoms with Gasteiger partial charge in [-0.1, -0.05) is 48.7 Å². The molecule has 1 aromatic heterocycles. The SMILES string of the molecule is CC(C)c1c(Cl)ncnc1Oc1cc(Cl)c(Br)cc1Cl. The molecule has 1 heterocycles. The minimum atomic E-state index is 0.114. The third-order valence-corrected chi connectivity index (χ3v) is 4.35. The normalized spacial score (nSPS) is 10.9. The average molecular weight is 396 g/mol. The fraction of sp³-hybridized carbons (Fsp3) is 0.231. The van der Waals surface area contributed by atoms with Gasteiger partial charge >= 0.3 is 0 Å². The Hall–Kier alpha value is -0.550. The van der Waals surface area contributed by atoms with E-state index in [9.17, 15) is 0 Å². The molecule has 0 saturated heterocycles. The van der Waals surface area contributed by atoms with Crippen LogP contribution in [-0.4, -0.2) is 9.97 Å². The number of hydrogen-bond donors (Lipinski definition) is 0. The maximum Gasteiger partial charge on any atom is 0.227 e. The summed E-state index contributed by atoms with van der Waals surface area (Å²) >= 11 is 21.6. The van der Waals surface area contributed by atoms with Gasteiger partial charge in [-0.15, -0.1) is 0 Å².